The first kappa shape index (κ1) is 19.4. The van der Waals surface area contributed by atoms with E-state index in [0.29, 0.717) is 4.52 Å². The third kappa shape index (κ3) is 3.66. The van der Waals surface area contributed by atoms with Crippen LogP contribution in [0.1, 0.15) is 16.1 Å². The van der Waals surface area contributed by atoms with Crippen LogP contribution in [0.3, 0.4) is 0 Å². The van der Waals surface area contributed by atoms with Crippen molar-refractivity contribution in [3.05, 3.63) is 77.9 Å². The molecule has 0 saturated heterocycles. The molecule has 10 heteroatoms. The van der Waals surface area contributed by atoms with Crippen molar-refractivity contribution in [3.8, 4) is 17.0 Å². The molecular weight excluding hydrogens is 404 g/mol. The Morgan fingerprint density at radius 3 is 2.47 bits per heavy atom. The number of fused-ring (bicyclic) bond motifs is 1. The van der Waals surface area contributed by atoms with Gasteiger partial charge in [0.1, 0.15) is 17.1 Å². The number of nitrogens with zero attached hydrogens (tertiary/aromatic N) is 3. The summed E-state index contributed by atoms with van der Waals surface area (Å²) in [6.45, 7) is 0. The van der Waals surface area contributed by atoms with E-state index < -0.39 is 23.6 Å². The van der Waals surface area contributed by atoms with Gasteiger partial charge in [0.15, 0.2) is 11.3 Å². The number of nitrogens with one attached hydrogen (secondary N) is 1. The fourth-order valence-corrected chi connectivity index (χ4v) is 2.88. The van der Waals surface area contributed by atoms with Gasteiger partial charge in [0.25, 0.3) is 5.91 Å². The number of phenols is 1. The number of hydrogen-bond donors (Lipinski definition) is 2. The van der Waals surface area contributed by atoms with Crippen LogP contribution in [-0.2, 0) is 6.18 Å². The number of benzene rings is 2. The van der Waals surface area contributed by atoms with E-state index in [1.165, 1.54) is 36.4 Å². The molecule has 4 rings (SSSR count). The van der Waals surface area contributed by atoms with Gasteiger partial charge in [-0.25, -0.2) is 13.9 Å². The van der Waals surface area contributed by atoms with Gasteiger partial charge in [0, 0.05) is 17.3 Å². The van der Waals surface area contributed by atoms with Crippen molar-refractivity contribution in [1.29, 1.82) is 0 Å². The number of aromatic hydroxyl groups is 1. The van der Waals surface area contributed by atoms with Crippen molar-refractivity contribution in [2.75, 3.05) is 5.32 Å². The molecule has 2 aromatic heterocycles. The molecule has 0 spiro atoms. The van der Waals surface area contributed by atoms with Crippen LogP contribution < -0.4 is 5.32 Å². The van der Waals surface area contributed by atoms with Crippen LogP contribution in [0.5, 0.6) is 5.75 Å². The Bertz CT molecular complexity index is 1250. The Labute approximate surface area is 166 Å². The minimum Gasteiger partial charge on any atom is -0.508 e. The second-order valence-electron chi connectivity index (χ2n) is 6.33. The zero-order valence-electron chi connectivity index (χ0n) is 15.0. The summed E-state index contributed by atoms with van der Waals surface area (Å²) in [5.41, 5.74) is -1.27. The molecule has 0 radical (unpaired) electrons. The summed E-state index contributed by atoms with van der Waals surface area (Å²) in [4.78, 5) is 16.8. The minimum atomic E-state index is -4.78. The number of hydrogen-bond acceptors (Lipinski definition) is 4. The molecule has 0 unspecified atom stereocenters. The van der Waals surface area contributed by atoms with E-state index in [0.717, 1.165) is 24.4 Å². The first-order valence-electron chi connectivity index (χ1n) is 8.55. The SMILES string of the molecule is O=C(Nc1cccc(O)c1)c1cnn2c(C(F)(F)F)cc(-c3ccc(F)cc3)nc12. The van der Waals surface area contributed by atoms with Gasteiger partial charge in [0.05, 0.1) is 11.9 Å². The summed E-state index contributed by atoms with van der Waals surface area (Å²) >= 11 is 0. The Balaban J connectivity index is 1.84. The Kier molecular flexibility index (Phi) is 4.61. The standard InChI is InChI=1S/C20H12F4N4O2/c21-12-6-4-11(5-7-12)16-9-17(20(22,23)24)28-18(27-16)15(10-25-28)19(30)26-13-2-1-3-14(29)8-13/h1-10,29H,(H,26,30). The lowest BCUT2D eigenvalue weighted by molar-refractivity contribution is -0.142. The summed E-state index contributed by atoms with van der Waals surface area (Å²) < 4.78 is 54.5. The molecule has 6 nitrogen and oxygen atoms in total. The van der Waals surface area contributed by atoms with Crippen LogP contribution >= 0.6 is 0 Å². The molecule has 0 aliphatic heterocycles. The topological polar surface area (TPSA) is 79.5 Å². The average molecular weight is 416 g/mol. The second-order valence-corrected chi connectivity index (χ2v) is 6.33. The average Bonchev–Trinajstić information content (AvgIpc) is 3.11. The Morgan fingerprint density at radius 2 is 1.80 bits per heavy atom. The number of halogens is 4. The van der Waals surface area contributed by atoms with Crippen molar-refractivity contribution < 1.29 is 27.5 Å². The predicted octanol–water partition coefficient (Wildman–Crippen LogP) is 4.51. The maximum atomic E-state index is 13.6. The normalized spacial score (nSPS) is 11.6. The zero-order chi connectivity index (χ0) is 21.5. The van der Waals surface area contributed by atoms with Gasteiger partial charge < -0.3 is 10.4 Å². The van der Waals surface area contributed by atoms with E-state index in [1.807, 2.05) is 0 Å². The summed E-state index contributed by atoms with van der Waals surface area (Å²) in [5, 5.41) is 15.7. The molecule has 0 bridgehead atoms. The highest BCUT2D eigenvalue weighted by atomic mass is 19.4. The van der Waals surface area contributed by atoms with Gasteiger partial charge >= 0.3 is 6.18 Å². The Hall–Kier alpha value is -3.95. The van der Waals surface area contributed by atoms with E-state index in [2.05, 4.69) is 15.4 Å². The van der Waals surface area contributed by atoms with Crippen molar-refractivity contribution in [3.63, 3.8) is 0 Å². The van der Waals surface area contributed by atoms with Crippen molar-refractivity contribution in [1.82, 2.24) is 14.6 Å². The van der Waals surface area contributed by atoms with E-state index >= 15 is 0 Å². The molecule has 0 saturated carbocycles. The predicted molar refractivity (Wildman–Crippen MR) is 99.4 cm³/mol. The number of phenolic OH excluding ortho intramolecular Hbond substituents is 1. The molecule has 0 aliphatic carbocycles. The molecule has 30 heavy (non-hydrogen) atoms. The third-order valence-electron chi connectivity index (χ3n) is 4.25. The zero-order valence-corrected chi connectivity index (χ0v) is 15.0. The van der Waals surface area contributed by atoms with Gasteiger partial charge in [-0.2, -0.15) is 18.3 Å². The molecule has 2 N–H and O–H groups in total. The van der Waals surface area contributed by atoms with Crippen LogP contribution in [-0.4, -0.2) is 25.6 Å². The lowest BCUT2D eigenvalue weighted by Crippen LogP contribution is -2.15. The summed E-state index contributed by atoms with van der Waals surface area (Å²) in [7, 11) is 0. The van der Waals surface area contributed by atoms with Crippen LogP contribution in [0.2, 0.25) is 0 Å². The summed E-state index contributed by atoms with van der Waals surface area (Å²) in [6, 6.07) is 11.2. The number of alkyl halides is 3. The van der Waals surface area contributed by atoms with Gasteiger partial charge in [-0.15, -0.1) is 0 Å². The van der Waals surface area contributed by atoms with Crippen molar-refractivity contribution in [2.24, 2.45) is 0 Å². The number of aromatic nitrogens is 3. The Morgan fingerprint density at radius 1 is 1.07 bits per heavy atom. The maximum absolute atomic E-state index is 13.6. The van der Waals surface area contributed by atoms with Crippen LogP contribution in [0.25, 0.3) is 16.9 Å². The fourth-order valence-electron chi connectivity index (χ4n) is 2.88. The van der Waals surface area contributed by atoms with E-state index in [-0.39, 0.29) is 33.9 Å². The summed E-state index contributed by atoms with van der Waals surface area (Å²) in [6.07, 6.45) is -3.80. The number of anilines is 1. The van der Waals surface area contributed by atoms with E-state index in [4.69, 9.17) is 0 Å². The van der Waals surface area contributed by atoms with Gasteiger partial charge in [-0.1, -0.05) is 6.07 Å². The number of carbonyl (C=O) groups is 1. The molecular formula is C20H12F4N4O2. The molecule has 2 aromatic carbocycles. The third-order valence-corrected chi connectivity index (χ3v) is 4.25. The number of carbonyl (C=O) groups excluding carboxylic acids is 1. The van der Waals surface area contributed by atoms with Crippen LogP contribution in [0.4, 0.5) is 23.2 Å². The van der Waals surface area contributed by atoms with Crippen molar-refractivity contribution >= 4 is 17.2 Å². The number of rotatable bonds is 3. The molecule has 1 amide bonds. The highest BCUT2D eigenvalue weighted by Crippen LogP contribution is 2.33. The molecule has 2 heterocycles. The molecule has 0 atom stereocenters. The highest BCUT2D eigenvalue weighted by Gasteiger charge is 2.36. The van der Waals surface area contributed by atoms with Gasteiger partial charge in [-0.3, -0.25) is 4.79 Å². The molecule has 0 aliphatic rings. The number of amides is 1. The van der Waals surface area contributed by atoms with Gasteiger partial charge in [-0.05, 0) is 42.5 Å². The lowest BCUT2D eigenvalue weighted by atomic mass is 10.1. The monoisotopic (exact) mass is 416 g/mol. The van der Waals surface area contributed by atoms with Crippen LogP contribution in [0.15, 0.2) is 60.8 Å². The largest absolute Gasteiger partial charge is 0.508 e. The fraction of sp³-hybridized carbons (Fsp3) is 0.0500. The second kappa shape index (κ2) is 7.14. The molecule has 4 aromatic rings. The van der Waals surface area contributed by atoms with E-state index in [1.54, 1.807) is 0 Å². The van der Waals surface area contributed by atoms with Crippen LogP contribution in [0, 0.1) is 5.82 Å². The quantitative estimate of drug-likeness (QED) is 0.482. The van der Waals surface area contributed by atoms with E-state index in [9.17, 15) is 27.5 Å². The minimum absolute atomic E-state index is 0.0938. The molecule has 152 valence electrons. The van der Waals surface area contributed by atoms with Gasteiger partial charge in [0.2, 0.25) is 0 Å². The first-order chi connectivity index (χ1) is 14.2. The first-order valence-corrected chi connectivity index (χ1v) is 8.55. The maximum Gasteiger partial charge on any atom is 0.433 e. The highest BCUT2D eigenvalue weighted by molar-refractivity contribution is 6.08. The molecule has 0 fully saturated rings. The van der Waals surface area contributed by atoms with Crippen molar-refractivity contribution in [2.45, 2.75) is 6.18 Å². The lowest BCUT2D eigenvalue weighted by Gasteiger charge is -2.12. The smallest absolute Gasteiger partial charge is 0.433 e. The summed E-state index contributed by atoms with van der Waals surface area (Å²) in [5.74, 6) is -1.40.